The van der Waals surface area contributed by atoms with Gasteiger partial charge in [0, 0.05) is 42.8 Å². The number of hydrogen-bond donors (Lipinski definition) is 2. The van der Waals surface area contributed by atoms with Crippen molar-refractivity contribution in [2.45, 2.75) is 32.4 Å². The molecule has 132 valence electrons. The number of amides is 2. The van der Waals surface area contributed by atoms with Crippen molar-refractivity contribution >= 4 is 22.5 Å². The third-order valence-corrected chi connectivity index (χ3v) is 5.63. The van der Waals surface area contributed by atoms with E-state index in [4.69, 9.17) is 0 Å². The summed E-state index contributed by atoms with van der Waals surface area (Å²) in [5.41, 5.74) is 5.24. The topological polar surface area (TPSA) is 51.4 Å². The first-order valence-corrected chi connectivity index (χ1v) is 9.19. The van der Waals surface area contributed by atoms with Gasteiger partial charge in [-0.3, -0.25) is 4.90 Å². The van der Waals surface area contributed by atoms with E-state index in [0.717, 1.165) is 26.1 Å². The Labute approximate surface area is 148 Å². The third kappa shape index (κ3) is 2.63. The monoisotopic (exact) mass is 338 g/mol. The molecule has 4 rings (SSSR count). The second-order valence-corrected chi connectivity index (χ2v) is 7.05. The predicted molar refractivity (Wildman–Crippen MR) is 102 cm³/mol. The summed E-state index contributed by atoms with van der Waals surface area (Å²) in [4.78, 5) is 20.0. The molecule has 2 atom stereocenters. The van der Waals surface area contributed by atoms with E-state index in [-0.39, 0.29) is 12.1 Å². The van der Waals surface area contributed by atoms with Crippen LogP contribution in [0, 0.1) is 0 Å². The molecule has 25 heavy (non-hydrogen) atoms. The molecule has 1 aromatic carbocycles. The Kier molecular flexibility index (Phi) is 4.04. The lowest BCUT2D eigenvalue weighted by atomic mass is 9.81. The minimum atomic E-state index is 0.0232. The van der Waals surface area contributed by atoms with Gasteiger partial charge in [-0.25, -0.2) is 4.79 Å². The summed E-state index contributed by atoms with van der Waals surface area (Å²) in [6.07, 6.45) is 5.44. The molecule has 1 aromatic heterocycles. The van der Waals surface area contributed by atoms with Crippen LogP contribution in [-0.4, -0.2) is 59.6 Å². The van der Waals surface area contributed by atoms with Crippen molar-refractivity contribution in [3.05, 3.63) is 41.6 Å². The zero-order valence-corrected chi connectivity index (χ0v) is 15.2. The van der Waals surface area contributed by atoms with Crippen LogP contribution in [0.5, 0.6) is 0 Å². The highest BCUT2D eigenvalue weighted by atomic mass is 16.2. The van der Waals surface area contributed by atoms with Crippen LogP contribution in [0.2, 0.25) is 0 Å². The highest BCUT2D eigenvalue weighted by molar-refractivity contribution is 5.98. The van der Waals surface area contributed by atoms with Crippen LogP contribution in [0.15, 0.2) is 30.5 Å². The molecule has 2 heterocycles. The van der Waals surface area contributed by atoms with Crippen LogP contribution in [0.25, 0.3) is 16.5 Å². The van der Waals surface area contributed by atoms with Crippen LogP contribution in [0.4, 0.5) is 4.79 Å². The maximum Gasteiger partial charge on any atom is 0.317 e. The van der Waals surface area contributed by atoms with Gasteiger partial charge in [-0.05, 0) is 50.1 Å². The average molecular weight is 338 g/mol. The molecule has 1 unspecified atom stereocenters. The minimum absolute atomic E-state index is 0.0232. The van der Waals surface area contributed by atoms with E-state index >= 15 is 0 Å². The number of carbonyl (C=O) groups is 1. The molecular weight excluding hydrogens is 312 g/mol. The SMILES string of the molecule is CCN(CC)C(=O)N[C@H]1C=C2c3cccc4[nH]cc(c34)CC2N(C)C1. The van der Waals surface area contributed by atoms with E-state index in [0.29, 0.717) is 6.04 Å². The van der Waals surface area contributed by atoms with Crippen molar-refractivity contribution in [1.29, 1.82) is 0 Å². The molecule has 0 saturated heterocycles. The molecule has 2 amide bonds. The molecule has 0 fully saturated rings. The number of hydrogen-bond acceptors (Lipinski definition) is 2. The van der Waals surface area contributed by atoms with Gasteiger partial charge in [0.1, 0.15) is 0 Å². The molecule has 5 heteroatoms. The lowest BCUT2D eigenvalue weighted by Gasteiger charge is -2.40. The summed E-state index contributed by atoms with van der Waals surface area (Å²) < 4.78 is 0. The van der Waals surface area contributed by atoms with Crippen molar-refractivity contribution in [3.63, 3.8) is 0 Å². The summed E-state index contributed by atoms with van der Waals surface area (Å²) >= 11 is 0. The number of nitrogens with one attached hydrogen (secondary N) is 2. The summed E-state index contributed by atoms with van der Waals surface area (Å²) in [6, 6.07) is 6.90. The molecule has 5 nitrogen and oxygen atoms in total. The summed E-state index contributed by atoms with van der Waals surface area (Å²) in [6.45, 7) is 6.34. The number of fused-ring (bicyclic) bond motifs is 2. The van der Waals surface area contributed by atoms with Gasteiger partial charge in [-0.15, -0.1) is 0 Å². The zero-order chi connectivity index (χ0) is 17.6. The normalized spacial score (nSPS) is 22.4. The van der Waals surface area contributed by atoms with Crippen molar-refractivity contribution in [2.24, 2.45) is 0 Å². The molecule has 0 spiro atoms. The van der Waals surface area contributed by atoms with Crippen molar-refractivity contribution < 1.29 is 4.79 Å². The van der Waals surface area contributed by atoms with E-state index in [1.165, 1.54) is 27.6 Å². The second-order valence-electron chi connectivity index (χ2n) is 7.05. The van der Waals surface area contributed by atoms with Crippen LogP contribution in [0.1, 0.15) is 25.0 Å². The maximum atomic E-state index is 12.4. The Balaban J connectivity index is 1.69. The summed E-state index contributed by atoms with van der Waals surface area (Å²) in [7, 11) is 2.16. The zero-order valence-electron chi connectivity index (χ0n) is 15.2. The van der Waals surface area contributed by atoms with E-state index in [1.54, 1.807) is 0 Å². The number of nitrogens with zero attached hydrogens (tertiary/aromatic N) is 2. The van der Waals surface area contributed by atoms with Crippen molar-refractivity contribution in [1.82, 2.24) is 20.1 Å². The number of H-pyrrole nitrogens is 1. The first kappa shape index (κ1) is 16.2. The number of aromatic nitrogens is 1. The van der Waals surface area contributed by atoms with Crippen LogP contribution in [-0.2, 0) is 6.42 Å². The van der Waals surface area contributed by atoms with Gasteiger partial charge in [0.05, 0.1) is 6.04 Å². The highest BCUT2D eigenvalue weighted by Gasteiger charge is 2.34. The van der Waals surface area contributed by atoms with Gasteiger partial charge in [0.15, 0.2) is 0 Å². The largest absolute Gasteiger partial charge is 0.361 e. The molecule has 0 radical (unpaired) electrons. The fraction of sp³-hybridized carbons (Fsp3) is 0.450. The number of aromatic amines is 1. The number of carbonyl (C=O) groups excluding carboxylic acids is 1. The Morgan fingerprint density at radius 3 is 2.92 bits per heavy atom. The summed E-state index contributed by atoms with van der Waals surface area (Å²) in [5, 5.41) is 4.54. The van der Waals surface area contributed by atoms with E-state index in [9.17, 15) is 4.79 Å². The lowest BCUT2D eigenvalue weighted by molar-refractivity contribution is 0.193. The predicted octanol–water partition coefficient (Wildman–Crippen LogP) is 2.84. The van der Waals surface area contributed by atoms with Gasteiger partial charge in [-0.2, -0.15) is 0 Å². The summed E-state index contributed by atoms with van der Waals surface area (Å²) in [5.74, 6) is 0. The van der Waals surface area contributed by atoms with Gasteiger partial charge in [0.25, 0.3) is 0 Å². The van der Waals surface area contributed by atoms with Crippen molar-refractivity contribution in [2.75, 3.05) is 26.7 Å². The standard InChI is InChI=1S/C20H26N4O/c1-4-24(5-2)20(25)22-14-10-16-15-7-6-8-17-19(15)13(11-21-17)9-18(16)23(3)12-14/h6-8,10-11,14,18,21H,4-5,9,12H2,1-3H3,(H,22,25)/t14-,18?/m0/s1. The number of likely N-dealkylation sites (N-methyl/N-ethyl adjacent to an activating group) is 1. The van der Waals surface area contributed by atoms with Gasteiger partial charge in [-0.1, -0.05) is 18.2 Å². The van der Waals surface area contributed by atoms with Gasteiger partial charge >= 0.3 is 6.03 Å². The molecule has 2 aromatic rings. The molecule has 1 aliphatic heterocycles. The minimum Gasteiger partial charge on any atom is -0.361 e. The maximum absolute atomic E-state index is 12.4. The van der Waals surface area contributed by atoms with Crippen LogP contribution in [0.3, 0.4) is 0 Å². The van der Waals surface area contributed by atoms with E-state index in [1.807, 2.05) is 18.7 Å². The average Bonchev–Trinajstić information content (AvgIpc) is 3.02. The third-order valence-electron chi connectivity index (χ3n) is 5.63. The number of benzene rings is 1. The molecule has 1 aliphatic carbocycles. The molecule has 2 aliphatic rings. The number of urea groups is 1. The van der Waals surface area contributed by atoms with Gasteiger partial charge in [0.2, 0.25) is 0 Å². The second kappa shape index (κ2) is 6.23. The van der Waals surface area contributed by atoms with Crippen molar-refractivity contribution in [3.8, 4) is 0 Å². The Bertz CT molecular complexity index is 833. The van der Waals surface area contributed by atoms with E-state index < -0.39 is 0 Å². The Hall–Kier alpha value is -2.27. The Morgan fingerprint density at radius 2 is 2.16 bits per heavy atom. The number of rotatable bonds is 3. The fourth-order valence-corrected chi connectivity index (χ4v) is 4.30. The Morgan fingerprint density at radius 1 is 1.36 bits per heavy atom. The first-order valence-electron chi connectivity index (χ1n) is 9.19. The van der Waals surface area contributed by atoms with E-state index in [2.05, 4.69) is 52.7 Å². The lowest BCUT2D eigenvalue weighted by Crippen LogP contribution is -2.52. The molecule has 2 N–H and O–H groups in total. The molecule has 0 saturated carbocycles. The smallest absolute Gasteiger partial charge is 0.317 e. The quantitative estimate of drug-likeness (QED) is 0.904. The van der Waals surface area contributed by atoms with Crippen LogP contribution >= 0.6 is 0 Å². The molecular formula is C20H26N4O. The first-order chi connectivity index (χ1) is 12.1. The fourth-order valence-electron chi connectivity index (χ4n) is 4.30. The van der Waals surface area contributed by atoms with Crippen LogP contribution < -0.4 is 5.32 Å². The van der Waals surface area contributed by atoms with Gasteiger partial charge < -0.3 is 15.2 Å². The highest BCUT2D eigenvalue weighted by Crippen LogP contribution is 2.39. The molecule has 0 bridgehead atoms.